The van der Waals surface area contributed by atoms with E-state index in [0.29, 0.717) is 23.7 Å². The summed E-state index contributed by atoms with van der Waals surface area (Å²) in [5.74, 6) is 0. The van der Waals surface area contributed by atoms with Crippen molar-refractivity contribution in [2.75, 3.05) is 6.54 Å². The molecule has 0 aliphatic carbocycles. The van der Waals surface area contributed by atoms with Crippen LogP contribution in [0.1, 0.15) is 33.1 Å². The SMILES string of the molecule is C=CCNC(=S)NN1[C@H](C)CCC[C@H]1C. The van der Waals surface area contributed by atoms with Crippen molar-refractivity contribution >= 4 is 17.3 Å². The molecule has 1 fully saturated rings. The fraction of sp³-hybridized carbons (Fsp3) is 0.727. The van der Waals surface area contributed by atoms with Gasteiger partial charge in [-0.15, -0.1) is 6.58 Å². The molecule has 86 valence electrons. The van der Waals surface area contributed by atoms with Gasteiger partial charge in [-0.1, -0.05) is 12.5 Å². The normalized spacial score (nSPS) is 27.1. The number of hydrazine groups is 1. The Kier molecular flexibility index (Phi) is 5.05. The van der Waals surface area contributed by atoms with Crippen LogP contribution in [0.25, 0.3) is 0 Å². The topological polar surface area (TPSA) is 27.3 Å². The van der Waals surface area contributed by atoms with Gasteiger partial charge in [0.25, 0.3) is 0 Å². The van der Waals surface area contributed by atoms with Crippen molar-refractivity contribution in [1.82, 2.24) is 15.8 Å². The maximum atomic E-state index is 5.19. The molecule has 0 aromatic carbocycles. The molecule has 1 heterocycles. The van der Waals surface area contributed by atoms with Crippen molar-refractivity contribution in [2.45, 2.75) is 45.2 Å². The Bertz CT molecular complexity index is 220. The molecule has 1 saturated heterocycles. The van der Waals surface area contributed by atoms with Crippen LogP contribution in [0.4, 0.5) is 0 Å². The fourth-order valence-corrected chi connectivity index (χ4v) is 2.15. The average molecular weight is 227 g/mol. The van der Waals surface area contributed by atoms with Gasteiger partial charge in [-0.25, -0.2) is 5.01 Å². The van der Waals surface area contributed by atoms with Crippen LogP contribution in [0, 0.1) is 0 Å². The summed E-state index contributed by atoms with van der Waals surface area (Å²) >= 11 is 5.19. The molecule has 0 saturated carbocycles. The van der Waals surface area contributed by atoms with Crippen LogP contribution in [0.15, 0.2) is 12.7 Å². The van der Waals surface area contributed by atoms with E-state index in [9.17, 15) is 0 Å². The first-order chi connectivity index (χ1) is 7.15. The quantitative estimate of drug-likeness (QED) is 0.568. The Morgan fingerprint density at radius 2 is 2.07 bits per heavy atom. The minimum atomic E-state index is 0.553. The molecular formula is C11H21N3S. The van der Waals surface area contributed by atoms with Gasteiger partial charge in [0.1, 0.15) is 0 Å². The summed E-state index contributed by atoms with van der Waals surface area (Å²) in [6.07, 6.45) is 5.59. The smallest absolute Gasteiger partial charge is 0.181 e. The Morgan fingerprint density at radius 1 is 1.47 bits per heavy atom. The van der Waals surface area contributed by atoms with Crippen molar-refractivity contribution in [2.24, 2.45) is 0 Å². The van der Waals surface area contributed by atoms with Crippen LogP contribution in [0.3, 0.4) is 0 Å². The molecule has 1 aliphatic heterocycles. The van der Waals surface area contributed by atoms with Gasteiger partial charge >= 0.3 is 0 Å². The molecular weight excluding hydrogens is 206 g/mol. The maximum absolute atomic E-state index is 5.19. The highest BCUT2D eigenvalue weighted by Crippen LogP contribution is 2.19. The Morgan fingerprint density at radius 3 is 2.60 bits per heavy atom. The highest BCUT2D eigenvalue weighted by atomic mass is 32.1. The number of piperidine rings is 1. The van der Waals surface area contributed by atoms with E-state index >= 15 is 0 Å². The predicted molar refractivity (Wildman–Crippen MR) is 68.5 cm³/mol. The molecule has 0 bridgehead atoms. The molecule has 0 radical (unpaired) electrons. The van der Waals surface area contributed by atoms with Crippen molar-refractivity contribution in [3.8, 4) is 0 Å². The third-order valence-corrected chi connectivity index (χ3v) is 3.07. The van der Waals surface area contributed by atoms with Gasteiger partial charge in [0.05, 0.1) is 0 Å². The molecule has 1 aliphatic rings. The first-order valence-electron chi connectivity index (χ1n) is 5.59. The number of hydrogen-bond acceptors (Lipinski definition) is 2. The standard InChI is InChI=1S/C11H21N3S/c1-4-8-12-11(15)13-14-9(2)6-5-7-10(14)3/h4,9-10H,1,5-8H2,2-3H3,(H2,12,13,15)/t9-,10-/m1/s1. The summed E-state index contributed by atoms with van der Waals surface area (Å²) in [4.78, 5) is 0. The molecule has 0 spiro atoms. The van der Waals surface area contributed by atoms with Crippen LogP contribution in [-0.4, -0.2) is 28.7 Å². The second-order valence-electron chi connectivity index (χ2n) is 4.15. The maximum Gasteiger partial charge on any atom is 0.181 e. The Hall–Kier alpha value is -0.610. The van der Waals surface area contributed by atoms with Crippen LogP contribution >= 0.6 is 12.2 Å². The zero-order valence-electron chi connectivity index (χ0n) is 9.62. The van der Waals surface area contributed by atoms with Gasteiger partial charge < -0.3 is 5.32 Å². The summed E-state index contributed by atoms with van der Waals surface area (Å²) < 4.78 is 0. The van der Waals surface area contributed by atoms with E-state index in [0.717, 1.165) is 0 Å². The van der Waals surface area contributed by atoms with Gasteiger partial charge in [-0.3, -0.25) is 5.43 Å². The number of rotatable bonds is 3. The lowest BCUT2D eigenvalue weighted by Crippen LogP contribution is -2.56. The lowest BCUT2D eigenvalue weighted by molar-refractivity contribution is 0.0737. The van der Waals surface area contributed by atoms with Crippen LogP contribution in [0.5, 0.6) is 0 Å². The second-order valence-corrected chi connectivity index (χ2v) is 4.55. The summed E-state index contributed by atoms with van der Waals surface area (Å²) in [6.45, 7) is 8.83. The molecule has 3 nitrogen and oxygen atoms in total. The third kappa shape index (κ3) is 3.80. The summed E-state index contributed by atoms with van der Waals surface area (Å²) in [5.41, 5.74) is 3.26. The van der Waals surface area contributed by atoms with E-state index in [-0.39, 0.29) is 0 Å². The monoisotopic (exact) mass is 227 g/mol. The van der Waals surface area contributed by atoms with Crippen molar-refractivity contribution in [3.05, 3.63) is 12.7 Å². The molecule has 0 aromatic rings. The highest BCUT2D eigenvalue weighted by Gasteiger charge is 2.24. The fourth-order valence-electron chi connectivity index (χ4n) is 1.96. The van der Waals surface area contributed by atoms with Gasteiger partial charge in [-0.2, -0.15) is 0 Å². The van der Waals surface area contributed by atoms with Gasteiger partial charge in [0.15, 0.2) is 5.11 Å². The molecule has 2 N–H and O–H groups in total. The number of nitrogens with one attached hydrogen (secondary N) is 2. The minimum absolute atomic E-state index is 0.553. The number of thiocarbonyl (C=S) groups is 1. The lowest BCUT2D eigenvalue weighted by atomic mass is 10.00. The molecule has 0 unspecified atom stereocenters. The minimum Gasteiger partial charge on any atom is -0.358 e. The highest BCUT2D eigenvalue weighted by molar-refractivity contribution is 7.80. The molecule has 4 heteroatoms. The van der Waals surface area contributed by atoms with Crippen molar-refractivity contribution in [1.29, 1.82) is 0 Å². The molecule has 1 rings (SSSR count). The lowest BCUT2D eigenvalue weighted by Gasteiger charge is -2.39. The predicted octanol–water partition coefficient (Wildman–Crippen LogP) is 1.81. The first-order valence-corrected chi connectivity index (χ1v) is 5.99. The van der Waals surface area contributed by atoms with E-state index < -0.39 is 0 Å². The third-order valence-electron chi connectivity index (χ3n) is 2.83. The number of nitrogens with zero attached hydrogens (tertiary/aromatic N) is 1. The average Bonchev–Trinajstić information content (AvgIpc) is 2.21. The molecule has 2 atom stereocenters. The Balaban J connectivity index is 2.40. The number of hydrogen-bond donors (Lipinski definition) is 2. The van der Waals surface area contributed by atoms with Crippen molar-refractivity contribution in [3.63, 3.8) is 0 Å². The first kappa shape index (κ1) is 12.5. The molecule has 0 aromatic heterocycles. The Labute approximate surface area is 97.9 Å². The van der Waals surface area contributed by atoms with E-state index in [2.05, 4.69) is 36.2 Å². The zero-order valence-corrected chi connectivity index (χ0v) is 10.4. The van der Waals surface area contributed by atoms with Crippen molar-refractivity contribution < 1.29 is 0 Å². The molecule has 15 heavy (non-hydrogen) atoms. The summed E-state index contributed by atoms with van der Waals surface area (Å²) in [5, 5.41) is 6.02. The largest absolute Gasteiger partial charge is 0.358 e. The van der Waals surface area contributed by atoms with Crippen LogP contribution in [0.2, 0.25) is 0 Å². The van der Waals surface area contributed by atoms with E-state index in [1.807, 2.05) is 0 Å². The van der Waals surface area contributed by atoms with Gasteiger partial charge in [0.2, 0.25) is 0 Å². The molecule has 0 amide bonds. The van der Waals surface area contributed by atoms with E-state index in [4.69, 9.17) is 12.2 Å². The van der Waals surface area contributed by atoms with Gasteiger partial charge in [-0.05, 0) is 38.9 Å². The van der Waals surface area contributed by atoms with Crippen LogP contribution in [-0.2, 0) is 0 Å². The summed E-state index contributed by atoms with van der Waals surface area (Å²) in [7, 11) is 0. The van der Waals surface area contributed by atoms with Crippen LogP contribution < -0.4 is 10.7 Å². The van der Waals surface area contributed by atoms with E-state index in [1.165, 1.54) is 19.3 Å². The van der Waals surface area contributed by atoms with Gasteiger partial charge in [0, 0.05) is 18.6 Å². The zero-order chi connectivity index (χ0) is 11.3. The summed E-state index contributed by atoms with van der Waals surface area (Å²) in [6, 6.07) is 1.11. The second kappa shape index (κ2) is 6.08. The van der Waals surface area contributed by atoms with E-state index in [1.54, 1.807) is 6.08 Å².